The minimum Gasteiger partial charge on any atom is -0.481 e. The highest BCUT2D eigenvalue weighted by molar-refractivity contribution is 5.79. The predicted molar refractivity (Wildman–Crippen MR) is 76.5 cm³/mol. The third-order valence-electron chi connectivity index (χ3n) is 5.20. The van der Waals surface area contributed by atoms with Crippen molar-refractivity contribution in [1.29, 1.82) is 0 Å². The molecule has 2 fully saturated rings. The Balaban J connectivity index is 1.93. The molecule has 2 aliphatic rings. The van der Waals surface area contributed by atoms with Gasteiger partial charge in [-0.15, -0.1) is 0 Å². The van der Waals surface area contributed by atoms with Crippen LogP contribution in [0, 0.1) is 11.3 Å². The first kappa shape index (κ1) is 15.1. The van der Waals surface area contributed by atoms with Gasteiger partial charge in [-0.25, -0.2) is 4.79 Å². The van der Waals surface area contributed by atoms with Crippen LogP contribution in [-0.2, 0) is 4.79 Å². The van der Waals surface area contributed by atoms with Crippen molar-refractivity contribution in [3.63, 3.8) is 0 Å². The Bertz CT molecular complexity index is 381. The molecule has 114 valence electrons. The van der Waals surface area contributed by atoms with E-state index in [1.54, 1.807) is 4.90 Å². The minimum absolute atomic E-state index is 0.0943. The van der Waals surface area contributed by atoms with E-state index < -0.39 is 11.4 Å². The van der Waals surface area contributed by atoms with Gasteiger partial charge in [0, 0.05) is 19.1 Å². The fourth-order valence-corrected chi connectivity index (χ4v) is 3.26. The number of hydrogen-bond donors (Lipinski definition) is 2. The zero-order valence-corrected chi connectivity index (χ0v) is 12.5. The van der Waals surface area contributed by atoms with Gasteiger partial charge in [0.15, 0.2) is 0 Å². The number of carboxylic acids is 1. The number of rotatable bonds is 4. The molecule has 2 N–H and O–H groups in total. The maximum atomic E-state index is 12.3. The number of urea groups is 1. The molecule has 2 rings (SSSR count). The van der Waals surface area contributed by atoms with Crippen molar-refractivity contribution < 1.29 is 14.7 Å². The van der Waals surface area contributed by atoms with Gasteiger partial charge in [0.1, 0.15) is 0 Å². The van der Waals surface area contributed by atoms with Crippen LogP contribution in [-0.4, -0.2) is 41.1 Å². The van der Waals surface area contributed by atoms with E-state index in [9.17, 15) is 14.7 Å². The number of aliphatic carboxylic acids is 1. The number of carbonyl (C=O) groups is 2. The van der Waals surface area contributed by atoms with Gasteiger partial charge in [0.25, 0.3) is 0 Å². The van der Waals surface area contributed by atoms with Crippen LogP contribution in [0.2, 0.25) is 0 Å². The van der Waals surface area contributed by atoms with Crippen LogP contribution in [0.1, 0.15) is 52.4 Å². The number of piperidine rings is 1. The topological polar surface area (TPSA) is 69.6 Å². The van der Waals surface area contributed by atoms with Crippen LogP contribution >= 0.6 is 0 Å². The van der Waals surface area contributed by atoms with Gasteiger partial charge >= 0.3 is 12.0 Å². The molecule has 1 heterocycles. The van der Waals surface area contributed by atoms with E-state index in [2.05, 4.69) is 12.2 Å². The fourth-order valence-electron chi connectivity index (χ4n) is 3.26. The summed E-state index contributed by atoms with van der Waals surface area (Å²) in [4.78, 5) is 25.5. The average Bonchev–Trinajstić information content (AvgIpc) is 2.36. The Labute approximate surface area is 120 Å². The third kappa shape index (κ3) is 2.91. The van der Waals surface area contributed by atoms with Crippen molar-refractivity contribution in [2.24, 2.45) is 11.3 Å². The molecule has 0 radical (unpaired) electrons. The zero-order valence-electron chi connectivity index (χ0n) is 12.5. The summed E-state index contributed by atoms with van der Waals surface area (Å²) in [7, 11) is 0. The molecule has 0 aromatic rings. The van der Waals surface area contributed by atoms with Crippen LogP contribution in [0.4, 0.5) is 4.79 Å². The quantitative estimate of drug-likeness (QED) is 0.832. The lowest BCUT2D eigenvalue weighted by atomic mass is 9.77. The van der Waals surface area contributed by atoms with E-state index >= 15 is 0 Å². The monoisotopic (exact) mass is 282 g/mol. The van der Waals surface area contributed by atoms with Crippen LogP contribution in [0.15, 0.2) is 0 Å². The molecule has 0 spiro atoms. The van der Waals surface area contributed by atoms with Gasteiger partial charge < -0.3 is 15.3 Å². The van der Waals surface area contributed by atoms with Gasteiger partial charge in [-0.1, -0.05) is 13.3 Å². The van der Waals surface area contributed by atoms with Crippen LogP contribution < -0.4 is 5.32 Å². The molecule has 5 heteroatoms. The maximum absolute atomic E-state index is 12.3. The van der Waals surface area contributed by atoms with Gasteiger partial charge in [-0.3, -0.25) is 4.79 Å². The Morgan fingerprint density at radius 1 is 1.40 bits per heavy atom. The number of likely N-dealkylation sites (tertiary alicyclic amines) is 1. The maximum Gasteiger partial charge on any atom is 0.317 e. The van der Waals surface area contributed by atoms with Crippen molar-refractivity contribution >= 4 is 12.0 Å². The molecular formula is C15H26N2O3. The summed E-state index contributed by atoms with van der Waals surface area (Å²) in [6.07, 6.45) is 5.65. The summed E-state index contributed by atoms with van der Waals surface area (Å²) in [5.74, 6) is -0.177. The highest BCUT2D eigenvalue weighted by Crippen LogP contribution is 2.34. The molecule has 2 atom stereocenters. The number of carboxylic acid groups (broad SMARTS) is 1. The van der Waals surface area contributed by atoms with Crippen molar-refractivity contribution in [1.82, 2.24) is 10.2 Å². The number of hydrogen-bond acceptors (Lipinski definition) is 2. The lowest BCUT2D eigenvalue weighted by Crippen LogP contribution is -2.54. The SMILES string of the molecule is CCC1(C(=O)O)CCCN(C(=O)NC(C)C2CCC2)C1. The van der Waals surface area contributed by atoms with Gasteiger partial charge in [-0.2, -0.15) is 0 Å². The Kier molecular flexibility index (Phi) is 4.55. The van der Waals surface area contributed by atoms with Crippen molar-refractivity contribution in [2.45, 2.75) is 58.4 Å². The van der Waals surface area contributed by atoms with Crippen LogP contribution in [0.5, 0.6) is 0 Å². The second kappa shape index (κ2) is 6.02. The second-order valence-electron chi connectivity index (χ2n) is 6.39. The first-order valence-electron chi connectivity index (χ1n) is 7.77. The molecular weight excluding hydrogens is 256 g/mol. The normalized spacial score (nSPS) is 28.6. The molecule has 0 aromatic heterocycles. The van der Waals surface area contributed by atoms with Crippen LogP contribution in [0.25, 0.3) is 0 Å². The number of nitrogens with one attached hydrogen (secondary N) is 1. The molecule has 20 heavy (non-hydrogen) atoms. The smallest absolute Gasteiger partial charge is 0.317 e. The molecule has 2 unspecified atom stereocenters. The van der Waals surface area contributed by atoms with Gasteiger partial charge in [-0.05, 0) is 44.9 Å². The zero-order chi connectivity index (χ0) is 14.8. The molecule has 1 aliphatic carbocycles. The Morgan fingerprint density at radius 2 is 2.10 bits per heavy atom. The summed E-state index contributed by atoms with van der Waals surface area (Å²) >= 11 is 0. The molecule has 1 saturated heterocycles. The van der Waals surface area contributed by atoms with Crippen molar-refractivity contribution in [3.8, 4) is 0 Å². The summed E-state index contributed by atoms with van der Waals surface area (Å²) in [5.41, 5.74) is -0.755. The third-order valence-corrected chi connectivity index (χ3v) is 5.20. The molecule has 1 aliphatic heterocycles. The molecule has 1 saturated carbocycles. The highest BCUT2D eigenvalue weighted by Gasteiger charge is 2.42. The number of nitrogens with zero attached hydrogens (tertiary/aromatic N) is 1. The van der Waals surface area contributed by atoms with E-state index in [4.69, 9.17) is 0 Å². The standard InChI is InChI=1S/C15H26N2O3/c1-3-15(13(18)19)8-5-9-17(10-15)14(20)16-11(2)12-6-4-7-12/h11-12H,3-10H2,1-2H3,(H,16,20)(H,18,19). The minimum atomic E-state index is -0.774. The fraction of sp³-hybridized carbons (Fsp3) is 0.867. The van der Waals surface area contributed by atoms with Gasteiger partial charge in [0.05, 0.1) is 5.41 Å². The van der Waals surface area contributed by atoms with E-state index in [-0.39, 0.29) is 12.1 Å². The van der Waals surface area contributed by atoms with Crippen LogP contribution in [0.3, 0.4) is 0 Å². The molecule has 0 bridgehead atoms. The van der Waals surface area contributed by atoms with Crippen molar-refractivity contribution in [2.75, 3.05) is 13.1 Å². The summed E-state index contributed by atoms with van der Waals surface area (Å²) in [6.45, 7) is 4.95. The Hall–Kier alpha value is -1.26. The average molecular weight is 282 g/mol. The number of amides is 2. The lowest BCUT2D eigenvalue weighted by molar-refractivity contribution is -0.152. The van der Waals surface area contributed by atoms with E-state index in [1.165, 1.54) is 19.3 Å². The number of carbonyl (C=O) groups excluding carboxylic acids is 1. The summed E-state index contributed by atoms with van der Waals surface area (Å²) in [6, 6.07) is 0.0993. The lowest BCUT2D eigenvalue weighted by Gasteiger charge is -2.40. The Morgan fingerprint density at radius 3 is 2.60 bits per heavy atom. The van der Waals surface area contributed by atoms with Crippen molar-refractivity contribution in [3.05, 3.63) is 0 Å². The predicted octanol–water partition coefficient (Wildman–Crippen LogP) is 2.46. The summed E-state index contributed by atoms with van der Waals surface area (Å²) in [5, 5.41) is 12.5. The first-order valence-corrected chi connectivity index (χ1v) is 7.77. The highest BCUT2D eigenvalue weighted by atomic mass is 16.4. The first-order chi connectivity index (χ1) is 9.48. The van der Waals surface area contributed by atoms with E-state index in [0.29, 0.717) is 31.8 Å². The van der Waals surface area contributed by atoms with E-state index in [0.717, 1.165) is 6.42 Å². The molecule has 2 amide bonds. The van der Waals surface area contributed by atoms with E-state index in [1.807, 2.05) is 6.92 Å². The van der Waals surface area contributed by atoms with Gasteiger partial charge in [0.2, 0.25) is 0 Å². The summed E-state index contributed by atoms with van der Waals surface area (Å²) < 4.78 is 0. The largest absolute Gasteiger partial charge is 0.481 e. The molecule has 5 nitrogen and oxygen atoms in total. The second-order valence-corrected chi connectivity index (χ2v) is 6.39. The molecule has 0 aromatic carbocycles.